The Morgan fingerprint density at radius 3 is 2.44 bits per heavy atom. The first-order valence-electron chi connectivity index (χ1n) is 8.96. The van der Waals surface area contributed by atoms with Gasteiger partial charge in [0.05, 0.1) is 0 Å². The van der Waals surface area contributed by atoms with Gasteiger partial charge in [-0.25, -0.2) is 0 Å². The monoisotopic (exact) mass is 384 g/mol. The minimum atomic E-state index is -0.0623. The molecular weight excluding hydrogens is 356 g/mol. The Morgan fingerprint density at radius 1 is 1.00 bits per heavy atom. The molecule has 6 heteroatoms. The van der Waals surface area contributed by atoms with E-state index in [1.54, 1.807) is 18.8 Å². The topological polar surface area (TPSA) is 65.5 Å². The van der Waals surface area contributed by atoms with Gasteiger partial charge in [-0.2, -0.15) is 0 Å². The lowest BCUT2D eigenvalue weighted by molar-refractivity contribution is 0.0954. The molecule has 2 aromatic rings. The van der Waals surface area contributed by atoms with E-state index in [9.17, 15) is 4.79 Å². The van der Waals surface area contributed by atoms with Gasteiger partial charge in [0.25, 0.3) is 5.91 Å². The summed E-state index contributed by atoms with van der Waals surface area (Å²) in [6.45, 7) is 5.90. The molecule has 0 heterocycles. The minimum absolute atomic E-state index is 0.0623. The maximum atomic E-state index is 12.1. The predicted molar refractivity (Wildman–Crippen MR) is 115 cm³/mol. The average Bonchev–Trinajstić information content (AvgIpc) is 2.67. The molecular formula is C21H28N4OS. The van der Waals surface area contributed by atoms with Crippen LogP contribution in [0, 0.1) is 13.8 Å². The minimum Gasteiger partial charge on any atom is -0.355 e. The van der Waals surface area contributed by atoms with E-state index >= 15 is 0 Å². The zero-order valence-electron chi connectivity index (χ0n) is 16.4. The number of benzene rings is 2. The molecule has 0 saturated carbocycles. The van der Waals surface area contributed by atoms with Crippen LogP contribution in [0.5, 0.6) is 0 Å². The van der Waals surface area contributed by atoms with Crippen LogP contribution in [0.15, 0.2) is 52.4 Å². The summed E-state index contributed by atoms with van der Waals surface area (Å²) in [5.41, 5.74) is 4.26. The van der Waals surface area contributed by atoms with E-state index in [-0.39, 0.29) is 5.91 Å². The quantitative estimate of drug-likeness (QED) is 0.297. The number of hydrogen-bond donors (Lipinski definition) is 3. The molecule has 3 N–H and O–H groups in total. The van der Waals surface area contributed by atoms with Crippen LogP contribution in [0.4, 0.5) is 0 Å². The normalized spacial score (nSPS) is 11.2. The zero-order chi connectivity index (χ0) is 19.6. The van der Waals surface area contributed by atoms with Gasteiger partial charge >= 0.3 is 0 Å². The molecule has 27 heavy (non-hydrogen) atoms. The third-order valence-electron chi connectivity index (χ3n) is 4.10. The highest BCUT2D eigenvalue weighted by Gasteiger charge is 2.06. The Morgan fingerprint density at radius 2 is 1.74 bits per heavy atom. The number of carbonyl (C=O) groups excluding carboxylic acids is 1. The van der Waals surface area contributed by atoms with Gasteiger partial charge in [-0.1, -0.05) is 29.8 Å². The van der Waals surface area contributed by atoms with Crippen molar-refractivity contribution in [1.29, 1.82) is 0 Å². The molecule has 0 bridgehead atoms. The molecule has 0 spiro atoms. The van der Waals surface area contributed by atoms with Crippen molar-refractivity contribution in [2.75, 3.05) is 26.4 Å². The summed E-state index contributed by atoms with van der Waals surface area (Å²) in [6.07, 6.45) is 2.09. The highest BCUT2D eigenvalue weighted by atomic mass is 32.2. The summed E-state index contributed by atoms with van der Waals surface area (Å²) in [6, 6.07) is 14.0. The van der Waals surface area contributed by atoms with E-state index in [1.807, 2.05) is 31.2 Å². The van der Waals surface area contributed by atoms with Crippen LogP contribution in [0.25, 0.3) is 0 Å². The molecule has 0 aromatic heterocycles. The van der Waals surface area contributed by atoms with Crippen LogP contribution in [-0.4, -0.2) is 38.3 Å². The maximum Gasteiger partial charge on any atom is 0.251 e. The number of nitrogens with one attached hydrogen (secondary N) is 3. The number of carbonyl (C=O) groups is 1. The van der Waals surface area contributed by atoms with E-state index in [4.69, 9.17) is 0 Å². The molecule has 0 unspecified atom stereocenters. The molecule has 0 aliphatic heterocycles. The van der Waals surface area contributed by atoms with Gasteiger partial charge in [0.1, 0.15) is 0 Å². The Hall–Kier alpha value is -2.47. The largest absolute Gasteiger partial charge is 0.355 e. The van der Waals surface area contributed by atoms with Crippen LogP contribution >= 0.6 is 11.8 Å². The van der Waals surface area contributed by atoms with Crippen molar-refractivity contribution in [3.63, 3.8) is 0 Å². The molecule has 144 valence electrons. The lowest BCUT2D eigenvalue weighted by atomic mass is 10.1. The van der Waals surface area contributed by atoms with E-state index in [1.165, 1.54) is 16.0 Å². The van der Waals surface area contributed by atoms with Crippen molar-refractivity contribution in [1.82, 2.24) is 16.0 Å². The van der Waals surface area contributed by atoms with E-state index in [0.29, 0.717) is 31.2 Å². The highest BCUT2D eigenvalue weighted by molar-refractivity contribution is 7.98. The second-order valence-electron chi connectivity index (χ2n) is 6.29. The molecule has 0 fully saturated rings. The van der Waals surface area contributed by atoms with Crippen LogP contribution < -0.4 is 16.0 Å². The fourth-order valence-electron chi connectivity index (χ4n) is 2.64. The van der Waals surface area contributed by atoms with E-state index in [0.717, 1.165) is 5.56 Å². The maximum absolute atomic E-state index is 12.1. The van der Waals surface area contributed by atoms with Crippen molar-refractivity contribution in [3.05, 3.63) is 64.7 Å². The lowest BCUT2D eigenvalue weighted by Gasteiger charge is -2.14. The van der Waals surface area contributed by atoms with Gasteiger partial charge in [0.15, 0.2) is 5.96 Å². The molecule has 0 saturated heterocycles. The zero-order valence-corrected chi connectivity index (χ0v) is 17.2. The Kier molecular flexibility index (Phi) is 8.20. The van der Waals surface area contributed by atoms with Crippen LogP contribution in [0.1, 0.15) is 27.0 Å². The fourth-order valence-corrected chi connectivity index (χ4v) is 3.35. The number of nitrogens with zero attached hydrogens (tertiary/aromatic N) is 1. The molecule has 0 radical (unpaired) electrons. The third-order valence-corrected chi connectivity index (χ3v) is 4.92. The van der Waals surface area contributed by atoms with Gasteiger partial charge < -0.3 is 16.0 Å². The Labute approximate surface area is 166 Å². The summed E-state index contributed by atoms with van der Waals surface area (Å²) >= 11 is 1.74. The number of rotatable bonds is 7. The predicted octanol–water partition coefficient (Wildman–Crippen LogP) is 3.12. The number of thioether (sulfide) groups is 1. The van der Waals surface area contributed by atoms with E-state index < -0.39 is 0 Å². The first kappa shape index (κ1) is 20.8. The van der Waals surface area contributed by atoms with Gasteiger partial charge in [0, 0.05) is 37.1 Å². The van der Waals surface area contributed by atoms with Gasteiger partial charge in [-0.15, -0.1) is 11.8 Å². The second-order valence-corrected chi connectivity index (χ2v) is 7.14. The fraction of sp³-hybridized carbons (Fsp3) is 0.333. The third kappa shape index (κ3) is 6.64. The molecule has 0 aliphatic rings. The van der Waals surface area contributed by atoms with Crippen molar-refractivity contribution in [2.24, 2.45) is 4.99 Å². The van der Waals surface area contributed by atoms with Crippen molar-refractivity contribution in [3.8, 4) is 0 Å². The first-order chi connectivity index (χ1) is 13.0. The van der Waals surface area contributed by atoms with Crippen molar-refractivity contribution >= 4 is 23.6 Å². The summed E-state index contributed by atoms with van der Waals surface area (Å²) in [5.74, 6) is 0.653. The Bertz CT molecular complexity index is 805. The highest BCUT2D eigenvalue weighted by Crippen LogP contribution is 2.21. The summed E-state index contributed by atoms with van der Waals surface area (Å²) in [4.78, 5) is 17.6. The number of hydrogen-bond acceptors (Lipinski definition) is 3. The van der Waals surface area contributed by atoms with Crippen LogP contribution in [0.2, 0.25) is 0 Å². The van der Waals surface area contributed by atoms with Crippen molar-refractivity contribution < 1.29 is 4.79 Å². The number of amides is 1. The SMILES string of the molecule is CN=C(NCCNC(=O)c1cccc(C)c1)NCc1ccc(C)cc1SC. The standard InChI is InChI=1S/C21H28N4OS/c1-15-6-5-7-17(12-15)20(26)23-10-11-24-21(22-3)25-14-18-9-8-16(2)13-19(18)27-4/h5-9,12-13H,10-11,14H2,1-4H3,(H,23,26)(H2,22,24,25). The average molecular weight is 385 g/mol. The van der Waals surface area contributed by atoms with E-state index in [2.05, 4.69) is 52.3 Å². The summed E-state index contributed by atoms with van der Waals surface area (Å²) < 4.78 is 0. The lowest BCUT2D eigenvalue weighted by Crippen LogP contribution is -2.41. The summed E-state index contributed by atoms with van der Waals surface area (Å²) in [7, 11) is 1.74. The number of guanidine groups is 1. The summed E-state index contributed by atoms with van der Waals surface area (Å²) in [5, 5.41) is 9.46. The van der Waals surface area contributed by atoms with Gasteiger partial charge in [-0.3, -0.25) is 9.79 Å². The molecule has 5 nitrogen and oxygen atoms in total. The van der Waals surface area contributed by atoms with Crippen LogP contribution in [-0.2, 0) is 6.54 Å². The van der Waals surface area contributed by atoms with Crippen molar-refractivity contribution in [2.45, 2.75) is 25.3 Å². The molecule has 1 amide bonds. The second kappa shape index (κ2) is 10.6. The molecule has 2 aromatic carbocycles. The molecule has 0 atom stereocenters. The number of aryl methyl sites for hydroxylation is 2. The van der Waals surface area contributed by atoms with Gasteiger partial charge in [0.2, 0.25) is 0 Å². The smallest absolute Gasteiger partial charge is 0.251 e. The number of aliphatic imine (C=N–C) groups is 1. The Balaban J connectivity index is 1.77. The van der Waals surface area contributed by atoms with Gasteiger partial charge in [-0.05, 0) is 49.4 Å². The van der Waals surface area contributed by atoms with Crippen LogP contribution in [0.3, 0.4) is 0 Å². The molecule has 0 aliphatic carbocycles. The first-order valence-corrected chi connectivity index (χ1v) is 10.2. The molecule has 2 rings (SSSR count).